The molecule has 0 saturated heterocycles. The highest BCUT2D eigenvalue weighted by Crippen LogP contribution is 2.11. The minimum atomic E-state index is -0.222. The molecule has 2 heterocycles. The molecule has 0 spiro atoms. The van der Waals surface area contributed by atoms with E-state index in [4.69, 9.17) is 0 Å². The number of aryl methyl sites for hydroxylation is 1. The highest BCUT2D eigenvalue weighted by Gasteiger charge is 2.06. The van der Waals surface area contributed by atoms with Crippen molar-refractivity contribution in [1.82, 2.24) is 14.6 Å². The van der Waals surface area contributed by atoms with Gasteiger partial charge in [0.1, 0.15) is 11.6 Å². The molecule has 0 radical (unpaired) electrons. The number of nitrogens with zero attached hydrogens (tertiary/aromatic N) is 3. The standard InChI is InChI=1S/C14H12FN3/c1-10-6-7-18-13(8-10)16-17-14(18)9-11-2-4-12(15)5-3-11/h2-8H,9H2,1H3. The van der Waals surface area contributed by atoms with Gasteiger partial charge < -0.3 is 0 Å². The average Bonchev–Trinajstić information content (AvgIpc) is 2.74. The van der Waals surface area contributed by atoms with Crippen molar-refractivity contribution < 1.29 is 4.39 Å². The topological polar surface area (TPSA) is 30.2 Å². The van der Waals surface area contributed by atoms with Gasteiger partial charge in [-0.1, -0.05) is 12.1 Å². The highest BCUT2D eigenvalue weighted by atomic mass is 19.1. The Balaban J connectivity index is 1.97. The highest BCUT2D eigenvalue weighted by molar-refractivity contribution is 5.41. The fourth-order valence-corrected chi connectivity index (χ4v) is 1.95. The molecule has 0 fully saturated rings. The molecule has 2 aromatic heterocycles. The maximum Gasteiger partial charge on any atom is 0.161 e. The van der Waals surface area contributed by atoms with E-state index in [1.165, 1.54) is 12.1 Å². The van der Waals surface area contributed by atoms with Gasteiger partial charge in [-0.05, 0) is 42.3 Å². The summed E-state index contributed by atoms with van der Waals surface area (Å²) in [7, 11) is 0. The van der Waals surface area contributed by atoms with Crippen LogP contribution in [0.2, 0.25) is 0 Å². The first-order valence-electron chi connectivity index (χ1n) is 5.77. The molecule has 1 aromatic carbocycles. The Morgan fingerprint density at radius 1 is 1.11 bits per heavy atom. The van der Waals surface area contributed by atoms with E-state index in [1.807, 2.05) is 29.7 Å². The molecule has 0 N–H and O–H groups in total. The van der Waals surface area contributed by atoms with Gasteiger partial charge in [0.15, 0.2) is 5.65 Å². The first-order valence-corrected chi connectivity index (χ1v) is 5.77. The van der Waals surface area contributed by atoms with Crippen LogP contribution in [0.15, 0.2) is 42.6 Å². The van der Waals surface area contributed by atoms with Crippen molar-refractivity contribution >= 4 is 5.65 Å². The van der Waals surface area contributed by atoms with Crippen LogP contribution in [-0.2, 0) is 6.42 Å². The van der Waals surface area contributed by atoms with Crippen LogP contribution >= 0.6 is 0 Å². The molecule has 0 aliphatic rings. The number of benzene rings is 1. The average molecular weight is 241 g/mol. The third-order valence-corrected chi connectivity index (χ3v) is 2.91. The van der Waals surface area contributed by atoms with Crippen molar-refractivity contribution in [2.75, 3.05) is 0 Å². The number of aromatic nitrogens is 3. The monoisotopic (exact) mass is 241 g/mol. The summed E-state index contributed by atoms with van der Waals surface area (Å²) in [5, 5.41) is 8.31. The second kappa shape index (κ2) is 4.22. The second-order valence-electron chi connectivity index (χ2n) is 4.35. The van der Waals surface area contributed by atoms with E-state index < -0.39 is 0 Å². The van der Waals surface area contributed by atoms with Gasteiger partial charge in [0.05, 0.1) is 0 Å². The minimum Gasteiger partial charge on any atom is -0.286 e. The number of hydrogen-bond acceptors (Lipinski definition) is 2. The van der Waals surface area contributed by atoms with Gasteiger partial charge in [0.2, 0.25) is 0 Å². The Labute approximate surface area is 104 Å². The lowest BCUT2D eigenvalue weighted by atomic mass is 10.1. The largest absolute Gasteiger partial charge is 0.286 e. The summed E-state index contributed by atoms with van der Waals surface area (Å²) in [6, 6.07) is 10.5. The Morgan fingerprint density at radius 3 is 2.67 bits per heavy atom. The third kappa shape index (κ3) is 1.97. The van der Waals surface area contributed by atoms with Crippen LogP contribution in [0.4, 0.5) is 4.39 Å². The van der Waals surface area contributed by atoms with E-state index in [1.54, 1.807) is 12.1 Å². The lowest BCUT2D eigenvalue weighted by molar-refractivity contribution is 0.627. The van der Waals surface area contributed by atoms with Gasteiger partial charge >= 0.3 is 0 Å². The van der Waals surface area contributed by atoms with Gasteiger partial charge in [0.25, 0.3) is 0 Å². The quantitative estimate of drug-likeness (QED) is 0.690. The summed E-state index contributed by atoms with van der Waals surface area (Å²) in [5.74, 6) is 0.636. The summed E-state index contributed by atoms with van der Waals surface area (Å²) in [6.07, 6.45) is 2.61. The van der Waals surface area contributed by atoms with Crippen molar-refractivity contribution in [2.45, 2.75) is 13.3 Å². The molecular formula is C14H12FN3. The zero-order chi connectivity index (χ0) is 12.5. The Bertz CT molecular complexity index is 686. The predicted molar refractivity (Wildman–Crippen MR) is 66.9 cm³/mol. The first kappa shape index (κ1) is 10.9. The minimum absolute atomic E-state index is 0.222. The molecule has 3 rings (SSSR count). The van der Waals surface area contributed by atoms with Crippen molar-refractivity contribution in [3.05, 3.63) is 65.4 Å². The summed E-state index contributed by atoms with van der Waals surface area (Å²) in [4.78, 5) is 0. The van der Waals surface area contributed by atoms with Crippen LogP contribution in [0.3, 0.4) is 0 Å². The molecule has 0 atom stereocenters. The van der Waals surface area contributed by atoms with Crippen LogP contribution < -0.4 is 0 Å². The van der Waals surface area contributed by atoms with Crippen molar-refractivity contribution in [3.8, 4) is 0 Å². The summed E-state index contributed by atoms with van der Waals surface area (Å²) < 4.78 is 14.8. The van der Waals surface area contributed by atoms with Crippen molar-refractivity contribution in [1.29, 1.82) is 0 Å². The maximum absolute atomic E-state index is 12.8. The van der Waals surface area contributed by atoms with Crippen molar-refractivity contribution in [2.24, 2.45) is 0 Å². The zero-order valence-electron chi connectivity index (χ0n) is 9.97. The fraction of sp³-hybridized carbons (Fsp3) is 0.143. The Hall–Kier alpha value is -2.23. The summed E-state index contributed by atoms with van der Waals surface area (Å²) in [5.41, 5.74) is 3.02. The van der Waals surface area contributed by atoms with E-state index in [2.05, 4.69) is 10.2 Å². The first-order chi connectivity index (χ1) is 8.72. The fourth-order valence-electron chi connectivity index (χ4n) is 1.95. The smallest absolute Gasteiger partial charge is 0.161 e. The van der Waals surface area contributed by atoms with Crippen LogP contribution in [0.5, 0.6) is 0 Å². The van der Waals surface area contributed by atoms with E-state index in [0.717, 1.165) is 22.6 Å². The Kier molecular flexibility index (Phi) is 2.55. The second-order valence-corrected chi connectivity index (χ2v) is 4.35. The molecule has 0 unspecified atom stereocenters. The predicted octanol–water partition coefficient (Wildman–Crippen LogP) is 2.77. The van der Waals surface area contributed by atoms with Gasteiger partial charge in [-0.2, -0.15) is 0 Å². The zero-order valence-corrected chi connectivity index (χ0v) is 9.97. The van der Waals surface area contributed by atoms with Crippen LogP contribution in [0.1, 0.15) is 17.0 Å². The lowest BCUT2D eigenvalue weighted by Crippen LogP contribution is -1.96. The van der Waals surface area contributed by atoms with Crippen LogP contribution in [0.25, 0.3) is 5.65 Å². The SMILES string of the molecule is Cc1ccn2c(Cc3ccc(F)cc3)nnc2c1. The molecular weight excluding hydrogens is 229 g/mol. The molecule has 4 heteroatoms. The van der Waals surface area contributed by atoms with Gasteiger partial charge in [0, 0.05) is 12.6 Å². The van der Waals surface area contributed by atoms with E-state index >= 15 is 0 Å². The normalized spacial score (nSPS) is 11.0. The van der Waals surface area contributed by atoms with Crippen LogP contribution in [-0.4, -0.2) is 14.6 Å². The number of fused-ring (bicyclic) bond motifs is 1. The van der Waals surface area contributed by atoms with Gasteiger partial charge in [-0.15, -0.1) is 10.2 Å². The van der Waals surface area contributed by atoms with E-state index in [9.17, 15) is 4.39 Å². The lowest BCUT2D eigenvalue weighted by Gasteiger charge is -2.01. The van der Waals surface area contributed by atoms with Gasteiger partial charge in [-0.3, -0.25) is 4.40 Å². The number of hydrogen-bond donors (Lipinski definition) is 0. The number of rotatable bonds is 2. The number of halogens is 1. The molecule has 3 nitrogen and oxygen atoms in total. The maximum atomic E-state index is 12.8. The number of pyridine rings is 1. The molecule has 0 aliphatic carbocycles. The summed E-state index contributed by atoms with van der Waals surface area (Å²) in [6.45, 7) is 2.02. The van der Waals surface area contributed by atoms with Crippen molar-refractivity contribution in [3.63, 3.8) is 0 Å². The molecule has 0 saturated carbocycles. The summed E-state index contributed by atoms with van der Waals surface area (Å²) >= 11 is 0. The molecule has 0 aliphatic heterocycles. The van der Waals surface area contributed by atoms with E-state index in [-0.39, 0.29) is 5.82 Å². The third-order valence-electron chi connectivity index (χ3n) is 2.91. The Morgan fingerprint density at radius 2 is 1.89 bits per heavy atom. The van der Waals surface area contributed by atoms with Crippen LogP contribution in [0, 0.1) is 12.7 Å². The molecule has 0 amide bonds. The molecule has 0 bridgehead atoms. The molecule has 18 heavy (non-hydrogen) atoms. The van der Waals surface area contributed by atoms with E-state index in [0.29, 0.717) is 6.42 Å². The van der Waals surface area contributed by atoms with Gasteiger partial charge in [-0.25, -0.2) is 4.39 Å². The molecule has 3 aromatic rings. The molecule has 90 valence electrons.